The van der Waals surface area contributed by atoms with Crippen LogP contribution in [0.5, 0.6) is 0 Å². The van der Waals surface area contributed by atoms with Crippen molar-refractivity contribution in [3.05, 3.63) is 86.5 Å². The van der Waals surface area contributed by atoms with Crippen molar-refractivity contribution in [2.24, 2.45) is 0 Å². The average molecular weight is 1090 g/mol. The molecule has 0 N–H and O–H groups in total. The third-order valence-corrected chi connectivity index (χ3v) is 17.6. The van der Waals surface area contributed by atoms with Crippen molar-refractivity contribution >= 4 is 22.8 Å². The third kappa shape index (κ3) is 25.2. The first-order valence-electron chi connectivity index (χ1n) is 33.1. The molecule has 438 valence electrons. The predicted octanol–water partition coefficient (Wildman–Crippen LogP) is 23.4. The molecule has 0 aromatic heterocycles. The minimum absolute atomic E-state index is 0.949. The first-order chi connectivity index (χ1) is 37.2. The van der Waals surface area contributed by atoms with E-state index in [4.69, 9.17) is 0 Å². The van der Waals surface area contributed by atoms with Crippen molar-refractivity contribution in [1.29, 1.82) is 0 Å². The molecule has 0 atom stereocenters. The Bertz CT molecular complexity index is 1840. The van der Waals surface area contributed by atoms with Crippen LogP contribution in [0.4, 0.5) is 11.4 Å². The van der Waals surface area contributed by atoms with Crippen LogP contribution in [-0.4, -0.2) is 30.9 Å². The van der Waals surface area contributed by atoms with E-state index < -0.39 is 0 Å². The van der Waals surface area contributed by atoms with E-state index in [9.17, 15) is 5.53 Å². The molecule has 3 rings (SSSR count). The molecule has 1 aliphatic heterocycles. The second kappa shape index (κ2) is 45.1. The molecule has 0 fully saturated rings. The van der Waals surface area contributed by atoms with E-state index >= 15 is 0 Å². The van der Waals surface area contributed by atoms with Crippen LogP contribution in [-0.2, 0) is 40.1 Å². The monoisotopic (exact) mass is 1090 g/mol. The standard InChI is InChI=1S/C63H106N4.2C4H9.Ni/c1-11-21-23-24-25-26-27-28-29-30-31-32-33-34-35-36-37-38-39-40-41-42-43-44-45-47-59-58(46-22-12-2)62(56-48-52(13-3)60(53(14-4)49-56)65(17-7)18-8)67(64)63(59)57-50-54(15-5)61(55(16-6)51-57)66(19-9)20-10;2*1-3-4-2;/h45,47-51H,11-44,46H2,1-10H3;2*1,3-4H2,2H3;. The zero-order valence-electron chi connectivity index (χ0n) is 52.6. The number of aryl methyl sites for hydroxylation is 4. The van der Waals surface area contributed by atoms with Gasteiger partial charge in [0.1, 0.15) is 0 Å². The summed E-state index contributed by atoms with van der Waals surface area (Å²) in [6.45, 7) is 31.3. The van der Waals surface area contributed by atoms with Crippen LogP contribution in [0.3, 0.4) is 0 Å². The van der Waals surface area contributed by atoms with E-state index in [1.54, 1.807) is 4.70 Å². The van der Waals surface area contributed by atoms with Crippen LogP contribution in [0.15, 0.2) is 47.6 Å². The van der Waals surface area contributed by atoms with Crippen LogP contribution >= 0.6 is 0 Å². The summed E-state index contributed by atoms with van der Waals surface area (Å²) in [5.74, 6) is 0. The first kappa shape index (κ1) is 69.5. The Morgan fingerprint density at radius 2 is 0.711 bits per heavy atom. The Morgan fingerprint density at radius 3 is 1.03 bits per heavy atom. The fraction of sp³-hybridized carbons (Fsp3) is 0.746. The van der Waals surface area contributed by atoms with Crippen molar-refractivity contribution in [1.82, 2.24) is 0 Å². The molecule has 0 radical (unpaired) electrons. The van der Waals surface area contributed by atoms with Crippen LogP contribution < -0.4 is 9.80 Å². The minimum atomic E-state index is 0.949. The molecule has 0 spiro atoms. The molecule has 5 heteroatoms. The van der Waals surface area contributed by atoms with Gasteiger partial charge in [0.2, 0.25) is 11.4 Å². The van der Waals surface area contributed by atoms with Gasteiger partial charge in [-0.25, -0.2) is 4.70 Å². The number of unbranched alkanes of at least 4 members (excludes halogenated alkanes) is 26. The number of anilines is 2. The quantitative estimate of drug-likeness (QED) is 0.0376. The van der Waals surface area contributed by atoms with Crippen molar-refractivity contribution < 1.29 is 19.1 Å². The van der Waals surface area contributed by atoms with Gasteiger partial charge in [0, 0.05) is 54.3 Å². The molecular weight excluding hydrogens is 968 g/mol. The van der Waals surface area contributed by atoms with Crippen LogP contribution in [0, 0.1) is 0 Å². The fourth-order valence-electron chi connectivity index (χ4n) is 11.5. The zero-order chi connectivity index (χ0) is 55.6. The van der Waals surface area contributed by atoms with Crippen molar-refractivity contribution in [2.75, 3.05) is 36.0 Å². The summed E-state index contributed by atoms with van der Waals surface area (Å²) in [5, 5.41) is 2.78. The van der Waals surface area contributed by atoms with Gasteiger partial charge < -0.3 is 15.3 Å². The van der Waals surface area contributed by atoms with Gasteiger partial charge in [0.05, 0.1) is 5.57 Å². The predicted molar refractivity (Wildman–Crippen MR) is 340 cm³/mol. The van der Waals surface area contributed by atoms with E-state index in [0.717, 1.165) is 100 Å². The summed E-state index contributed by atoms with van der Waals surface area (Å²) < 4.78 is 1.61. The summed E-state index contributed by atoms with van der Waals surface area (Å²) in [5.41, 5.74) is 27.8. The molecule has 0 saturated heterocycles. The fourth-order valence-corrected chi connectivity index (χ4v) is 12.9. The van der Waals surface area contributed by atoms with Crippen molar-refractivity contribution in [3.63, 3.8) is 0 Å². The van der Waals surface area contributed by atoms with Gasteiger partial charge in [-0.1, -0.05) is 201 Å². The van der Waals surface area contributed by atoms with Gasteiger partial charge in [-0.15, -0.1) is 0 Å². The summed E-state index contributed by atoms with van der Waals surface area (Å²) >= 11 is 1.94. The Kier molecular flexibility index (Phi) is 41.2. The molecule has 4 nitrogen and oxygen atoms in total. The number of rotatable bonds is 46. The SMILES string of the molecule is CCCCCCCCCCCCCCCCCCCCCCCCCC=CC1=C(c2cc(CC)c(N(CC)CC)c(CC)c2)[N+](=[N-])C(c2cc(CC)c(N(CC)CC)c(CC)c2)=C1CCCC.CCC[CH2][Ni][CH2]CCC. The van der Waals surface area contributed by atoms with Crippen LogP contribution in [0.1, 0.15) is 316 Å². The second-order valence-corrected chi connectivity index (χ2v) is 23.7. The van der Waals surface area contributed by atoms with Gasteiger partial charge in [-0.05, 0) is 126 Å². The number of hydrogen-bond donors (Lipinski definition) is 0. The molecule has 2 aromatic rings. The second-order valence-electron chi connectivity index (χ2n) is 22.2. The van der Waals surface area contributed by atoms with Gasteiger partial charge in [-0.2, -0.15) is 0 Å². The van der Waals surface area contributed by atoms with Crippen LogP contribution in [0.2, 0.25) is 10.8 Å². The van der Waals surface area contributed by atoms with Crippen LogP contribution in [0.25, 0.3) is 16.9 Å². The van der Waals surface area contributed by atoms with E-state index in [1.165, 1.54) is 229 Å². The molecule has 1 heterocycles. The summed E-state index contributed by atoms with van der Waals surface area (Å²) in [4.78, 5) is 5.05. The van der Waals surface area contributed by atoms with E-state index in [1.807, 2.05) is 14.4 Å². The Hall–Kier alpha value is -2.65. The Balaban J connectivity index is 0.00000200. The summed E-state index contributed by atoms with van der Waals surface area (Å²) in [6.07, 6.45) is 51.1. The van der Waals surface area contributed by atoms with Gasteiger partial charge >= 0.3 is 64.8 Å². The summed E-state index contributed by atoms with van der Waals surface area (Å²) in [7, 11) is 0. The molecule has 0 aliphatic carbocycles. The maximum absolute atomic E-state index is 12.7. The van der Waals surface area contributed by atoms with Crippen molar-refractivity contribution in [2.45, 2.75) is 319 Å². The Labute approximate surface area is 480 Å². The number of allylic oxidation sites excluding steroid dienone is 4. The topological polar surface area (TPSA) is 31.8 Å². The molecule has 2 aromatic carbocycles. The number of hydrogen-bond acceptors (Lipinski definition) is 2. The van der Waals surface area contributed by atoms with Crippen molar-refractivity contribution in [3.8, 4) is 0 Å². The van der Waals surface area contributed by atoms with Gasteiger partial charge in [-0.3, -0.25) is 0 Å². The normalized spacial score (nSPS) is 12.8. The molecule has 76 heavy (non-hydrogen) atoms. The summed E-state index contributed by atoms with van der Waals surface area (Å²) in [6, 6.07) is 9.61. The van der Waals surface area contributed by atoms with E-state index in [2.05, 4.69) is 129 Å². The molecule has 0 unspecified atom stereocenters. The number of benzene rings is 2. The Morgan fingerprint density at radius 1 is 0.395 bits per heavy atom. The van der Waals surface area contributed by atoms with Gasteiger partial charge in [0.15, 0.2) is 0 Å². The molecule has 0 saturated carbocycles. The molecular formula is C71H124N4Ni. The first-order valence-corrected chi connectivity index (χ1v) is 34.5. The molecule has 1 aliphatic rings. The molecule has 0 amide bonds. The van der Waals surface area contributed by atoms with E-state index in [0.29, 0.717) is 0 Å². The average Bonchev–Trinajstić information content (AvgIpc) is 3.73. The zero-order valence-corrected chi connectivity index (χ0v) is 53.5. The third-order valence-electron chi connectivity index (χ3n) is 16.2. The molecule has 0 bridgehead atoms. The number of nitrogens with zero attached hydrogens (tertiary/aromatic N) is 4. The van der Waals surface area contributed by atoms with Gasteiger partial charge in [0.25, 0.3) is 0 Å². The van der Waals surface area contributed by atoms with E-state index in [-0.39, 0.29) is 0 Å². The maximum atomic E-state index is 12.7.